The van der Waals surface area contributed by atoms with E-state index in [1.807, 2.05) is 0 Å². The summed E-state index contributed by atoms with van der Waals surface area (Å²) in [6.45, 7) is 2.43. The van der Waals surface area contributed by atoms with E-state index in [1.165, 1.54) is 19.3 Å². The fourth-order valence-electron chi connectivity index (χ4n) is 3.64. The fourth-order valence-corrected chi connectivity index (χ4v) is 3.64. The molecule has 1 aliphatic heterocycles. The van der Waals surface area contributed by atoms with Gasteiger partial charge in [0.1, 0.15) is 0 Å². The van der Waals surface area contributed by atoms with Crippen molar-refractivity contribution < 1.29 is 14.3 Å². The van der Waals surface area contributed by atoms with Crippen LogP contribution in [-0.4, -0.2) is 48.6 Å². The minimum absolute atomic E-state index is 0.0133. The molecule has 1 aromatic rings. The number of benzene rings is 1. The number of anilines is 1. The number of ether oxygens (including phenoxy) is 1. The third-order valence-electron chi connectivity index (χ3n) is 4.93. The first-order chi connectivity index (χ1) is 11.6. The van der Waals surface area contributed by atoms with Crippen LogP contribution in [-0.2, 0) is 9.53 Å². The Morgan fingerprint density at radius 2 is 1.96 bits per heavy atom. The first kappa shape index (κ1) is 16.9. The molecule has 0 radical (unpaired) electrons. The molecule has 2 fully saturated rings. The van der Waals surface area contributed by atoms with Crippen molar-refractivity contribution in [1.29, 1.82) is 0 Å². The van der Waals surface area contributed by atoms with Crippen molar-refractivity contribution in [2.45, 2.75) is 44.2 Å². The lowest BCUT2D eigenvalue weighted by atomic mass is 9.90. The van der Waals surface area contributed by atoms with Gasteiger partial charge in [0.15, 0.2) is 0 Å². The molecule has 1 saturated heterocycles. The van der Waals surface area contributed by atoms with E-state index in [9.17, 15) is 9.59 Å². The Labute approximate surface area is 142 Å². The second-order valence-electron chi connectivity index (χ2n) is 6.54. The minimum Gasteiger partial charge on any atom is -0.375 e. The van der Waals surface area contributed by atoms with E-state index < -0.39 is 5.91 Å². The number of amides is 2. The standard InChI is InChI=1S/C18H25N3O3/c19-18(23)13-5-7-14(8-6-13)20-17(22)9-10-21-11-12-24-16-4-2-1-3-15(16)21/h5-8,15-16H,1-4,9-12H2,(H2,19,23)(H,20,22)/t15-,16-/m1/s1. The summed E-state index contributed by atoms with van der Waals surface area (Å²) >= 11 is 0. The first-order valence-corrected chi connectivity index (χ1v) is 8.69. The summed E-state index contributed by atoms with van der Waals surface area (Å²) < 4.78 is 5.87. The molecule has 1 aliphatic carbocycles. The molecule has 0 bridgehead atoms. The first-order valence-electron chi connectivity index (χ1n) is 8.69. The van der Waals surface area contributed by atoms with Crippen LogP contribution in [0, 0.1) is 0 Å². The molecule has 0 aromatic heterocycles. The van der Waals surface area contributed by atoms with E-state index in [4.69, 9.17) is 10.5 Å². The Morgan fingerprint density at radius 1 is 1.21 bits per heavy atom. The van der Waals surface area contributed by atoms with Crippen molar-refractivity contribution in [3.05, 3.63) is 29.8 Å². The lowest BCUT2D eigenvalue weighted by Gasteiger charge is -2.43. The normalized spacial score (nSPS) is 24.2. The average Bonchev–Trinajstić information content (AvgIpc) is 2.60. The van der Waals surface area contributed by atoms with Crippen LogP contribution < -0.4 is 11.1 Å². The third-order valence-corrected chi connectivity index (χ3v) is 4.93. The molecular weight excluding hydrogens is 306 g/mol. The van der Waals surface area contributed by atoms with Crippen LogP contribution in [0.5, 0.6) is 0 Å². The molecule has 6 heteroatoms. The van der Waals surface area contributed by atoms with Crippen LogP contribution in [0.15, 0.2) is 24.3 Å². The maximum Gasteiger partial charge on any atom is 0.248 e. The van der Waals surface area contributed by atoms with Gasteiger partial charge in [-0.25, -0.2) is 0 Å². The van der Waals surface area contributed by atoms with Crippen molar-refractivity contribution in [1.82, 2.24) is 4.90 Å². The van der Waals surface area contributed by atoms with Crippen molar-refractivity contribution in [3.8, 4) is 0 Å². The van der Waals surface area contributed by atoms with Crippen LogP contribution in [0.2, 0.25) is 0 Å². The van der Waals surface area contributed by atoms with Crippen LogP contribution in [0.25, 0.3) is 0 Å². The molecule has 0 spiro atoms. The van der Waals surface area contributed by atoms with Crippen LogP contribution >= 0.6 is 0 Å². The summed E-state index contributed by atoms with van der Waals surface area (Å²) in [4.78, 5) is 25.6. The van der Waals surface area contributed by atoms with Gasteiger partial charge in [0.25, 0.3) is 0 Å². The second kappa shape index (κ2) is 7.77. The number of primary amides is 1. The summed E-state index contributed by atoms with van der Waals surface area (Å²) in [5, 5.41) is 2.87. The van der Waals surface area contributed by atoms with Gasteiger partial charge in [0, 0.05) is 36.8 Å². The highest BCUT2D eigenvalue weighted by molar-refractivity contribution is 5.94. The van der Waals surface area contributed by atoms with Gasteiger partial charge in [-0.1, -0.05) is 12.8 Å². The maximum absolute atomic E-state index is 12.2. The number of nitrogens with zero attached hydrogens (tertiary/aromatic N) is 1. The fraction of sp³-hybridized carbons (Fsp3) is 0.556. The third kappa shape index (κ3) is 4.13. The smallest absolute Gasteiger partial charge is 0.248 e. The van der Waals surface area contributed by atoms with Gasteiger partial charge in [-0.3, -0.25) is 14.5 Å². The molecule has 2 amide bonds. The Morgan fingerprint density at radius 3 is 2.71 bits per heavy atom. The van der Waals surface area contributed by atoms with Gasteiger partial charge < -0.3 is 15.8 Å². The van der Waals surface area contributed by atoms with Crippen molar-refractivity contribution in [2.24, 2.45) is 5.73 Å². The summed E-state index contributed by atoms with van der Waals surface area (Å²) in [6, 6.07) is 7.10. The highest BCUT2D eigenvalue weighted by Crippen LogP contribution is 2.28. The van der Waals surface area contributed by atoms with E-state index >= 15 is 0 Å². The quantitative estimate of drug-likeness (QED) is 0.861. The Balaban J connectivity index is 1.49. The number of morpholine rings is 1. The number of nitrogens with two attached hydrogens (primary N) is 1. The van der Waals surface area contributed by atoms with Gasteiger partial charge in [0.05, 0.1) is 12.7 Å². The average molecular weight is 331 g/mol. The topological polar surface area (TPSA) is 84.7 Å². The van der Waals surface area contributed by atoms with E-state index in [1.54, 1.807) is 24.3 Å². The zero-order valence-electron chi connectivity index (χ0n) is 13.9. The van der Waals surface area contributed by atoms with Crippen LogP contribution in [0.4, 0.5) is 5.69 Å². The molecule has 3 rings (SSSR count). The summed E-state index contributed by atoms with van der Waals surface area (Å²) in [5.74, 6) is -0.483. The van der Waals surface area contributed by atoms with E-state index in [0.29, 0.717) is 29.8 Å². The highest BCUT2D eigenvalue weighted by Gasteiger charge is 2.33. The zero-order chi connectivity index (χ0) is 16.9. The van der Waals surface area contributed by atoms with E-state index in [2.05, 4.69) is 10.2 Å². The number of rotatable bonds is 5. The summed E-state index contributed by atoms with van der Waals surface area (Å²) in [5.41, 5.74) is 6.32. The molecule has 1 heterocycles. The molecular formula is C18H25N3O3. The maximum atomic E-state index is 12.2. The largest absolute Gasteiger partial charge is 0.375 e. The molecule has 2 atom stereocenters. The van der Waals surface area contributed by atoms with Crippen molar-refractivity contribution in [3.63, 3.8) is 0 Å². The lowest BCUT2D eigenvalue weighted by molar-refractivity contribution is -0.118. The van der Waals surface area contributed by atoms with Crippen LogP contribution in [0.1, 0.15) is 42.5 Å². The van der Waals surface area contributed by atoms with Crippen LogP contribution in [0.3, 0.4) is 0 Å². The summed E-state index contributed by atoms with van der Waals surface area (Å²) in [7, 11) is 0. The molecule has 1 aromatic carbocycles. The molecule has 0 unspecified atom stereocenters. The Kier molecular flexibility index (Phi) is 5.48. The zero-order valence-corrected chi connectivity index (χ0v) is 13.9. The number of carbonyl (C=O) groups is 2. The monoisotopic (exact) mass is 331 g/mol. The van der Waals surface area contributed by atoms with Gasteiger partial charge in [0.2, 0.25) is 11.8 Å². The van der Waals surface area contributed by atoms with Gasteiger partial charge in [-0.2, -0.15) is 0 Å². The molecule has 3 N–H and O–H groups in total. The Hall–Kier alpha value is -1.92. The lowest BCUT2D eigenvalue weighted by Crippen LogP contribution is -2.53. The molecule has 130 valence electrons. The Bertz CT molecular complexity index is 586. The van der Waals surface area contributed by atoms with Gasteiger partial charge in [-0.05, 0) is 37.1 Å². The molecule has 2 aliphatic rings. The SMILES string of the molecule is NC(=O)c1ccc(NC(=O)CCN2CCO[C@@H]3CCCC[C@H]32)cc1. The van der Waals surface area contributed by atoms with E-state index in [-0.39, 0.29) is 5.91 Å². The molecule has 6 nitrogen and oxygen atoms in total. The van der Waals surface area contributed by atoms with Gasteiger partial charge in [-0.15, -0.1) is 0 Å². The predicted octanol–water partition coefficient (Wildman–Crippen LogP) is 1.76. The van der Waals surface area contributed by atoms with E-state index in [0.717, 1.165) is 26.1 Å². The molecule has 24 heavy (non-hydrogen) atoms. The molecule has 1 saturated carbocycles. The second-order valence-corrected chi connectivity index (χ2v) is 6.54. The highest BCUT2D eigenvalue weighted by atomic mass is 16.5. The number of carbonyl (C=O) groups excluding carboxylic acids is 2. The number of hydrogen-bond acceptors (Lipinski definition) is 4. The van der Waals surface area contributed by atoms with Crippen molar-refractivity contribution in [2.75, 3.05) is 25.0 Å². The number of nitrogens with one attached hydrogen (secondary N) is 1. The minimum atomic E-state index is -0.470. The number of hydrogen-bond donors (Lipinski definition) is 2. The van der Waals surface area contributed by atoms with Crippen molar-refractivity contribution >= 4 is 17.5 Å². The summed E-state index contributed by atoms with van der Waals surface area (Å²) in [6.07, 6.45) is 5.61. The van der Waals surface area contributed by atoms with Gasteiger partial charge >= 0.3 is 0 Å². The number of fused-ring (bicyclic) bond motifs is 1. The predicted molar refractivity (Wildman–Crippen MR) is 91.8 cm³/mol.